The Hall–Kier alpha value is -1.43. The summed E-state index contributed by atoms with van der Waals surface area (Å²) >= 11 is 0. The van der Waals surface area contributed by atoms with Gasteiger partial charge in [-0.3, -0.25) is 4.79 Å². The maximum Gasteiger partial charge on any atom is 0.256 e. The van der Waals surface area contributed by atoms with E-state index in [2.05, 4.69) is 11.4 Å². The zero-order valence-corrected chi connectivity index (χ0v) is 15.1. The lowest BCUT2D eigenvalue weighted by atomic mass is 9.89. The molecule has 1 aromatic carbocycles. The molecule has 138 valence electrons. The van der Waals surface area contributed by atoms with Crippen LogP contribution in [-0.2, 0) is 11.3 Å². The topological polar surface area (TPSA) is 72.8 Å². The van der Waals surface area contributed by atoms with E-state index >= 15 is 0 Å². The van der Waals surface area contributed by atoms with Gasteiger partial charge in [0.1, 0.15) is 0 Å². The molecule has 0 bridgehead atoms. The van der Waals surface area contributed by atoms with Gasteiger partial charge in [-0.1, -0.05) is 29.8 Å². The van der Waals surface area contributed by atoms with Crippen LogP contribution in [0.3, 0.4) is 0 Å². The predicted octanol–water partition coefficient (Wildman–Crippen LogP) is 1.74. The Bertz CT molecular complexity index is 598. The molecule has 1 aromatic rings. The van der Waals surface area contributed by atoms with Gasteiger partial charge < -0.3 is 20.4 Å². The third-order valence-corrected chi connectivity index (χ3v) is 5.54. The van der Waals surface area contributed by atoms with Crippen molar-refractivity contribution in [3.8, 4) is 0 Å². The summed E-state index contributed by atoms with van der Waals surface area (Å²) in [6.45, 7) is 3.60. The van der Waals surface area contributed by atoms with Crippen molar-refractivity contribution in [3.05, 3.63) is 35.4 Å². The van der Waals surface area contributed by atoms with Crippen LogP contribution in [0.15, 0.2) is 24.3 Å². The fraction of sp³-hybridized carbons (Fsp3) is 0.650. The quantitative estimate of drug-likeness (QED) is 0.759. The van der Waals surface area contributed by atoms with E-state index in [0.29, 0.717) is 26.1 Å². The first-order valence-corrected chi connectivity index (χ1v) is 9.45. The second-order valence-electron chi connectivity index (χ2n) is 7.74. The maximum atomic E-state index is 12.9. The van der Waals surface area contributed by atoms with Crippen LogP contribution in [0.2, 0.25) is 0 Å². The average molecular weight is 346 g/mol. The van der Waals surface area contributed by atoms with E-state index in [1.807, 2.05) is 25.1 Å². The number of aliphatic hydroxyl groups excluding tert-OH is 1. The molecule has 3 rings (SSSR count). The first-order chi connectivity index (χ1) is 12.0. The summed E-state index contributed by atoms with van der Waals surface area (Å²) in [5, 5.41) is 23.9. The zero-order valence-electron chi connectivity index (χ0n) is 15.1. The number of nitrogens with zero attached hydrogens (tertiary/aromatic N) is 1. The standard InChI is InChI=1S/C20H30N2O3/c1-15-4-2-5-16(12-15)13-22-11-3-10-20(25,19(22)24)14-21-17-6-8-18(23)9-7-17/h2,4-5,12,17-18,21,23,25H,3,6-11,13-14H2,1H3/t17?,18?,20-/m1/s1. The van der Waals surface area contributed by atoms with Gasteiger partial charge in [0.25, 0.3) is 5.91 Å². The van der Waals surface area contributed by atoms with E-state index in [0.717, 1.165) is 37.7 Å². The number of benzene rings is 1. The Kier molecular flexibility index (Phi) is 5.77. The summed E-state index contributed by atoms with van der Waals surface area (Å²) in [7, 11) is 0. The lowest BCUT2D eigenvalue weighted by Crippen LogP contribution is -2.58. The van der Waals surface area contributed by atoms with Gasteiger partial charge in [0.2, 0.25) is 0 Å². The summed E-state index contributed by atoms with van der Waals surface area (Å²) < 4.78 is 0. The molecule has 0 spiro atoms. The molecule has 0 aromatic heterocycles. The highest BCUT2D eigenvalue weighted by molar-refractivity contribution is 5.86. The molecule has 1 heterocycles. The molecule has 1 saturated carbocycles. The fourth-order valence-corrected chi connectivity index (χ4v) is 4.00. The van der Waals surface area contributed by atoms with Crippen LogP contribution in [0.25, 0.3) is 0 Å². The number of aliphatic hydroxyl groups is 2. The smallest absolute Gasteiger partial charge is 0.256 e. The van der Waals surface area contributed by atoms with E-state index in [9.17, 15) is 15.0 Å². The van der Waals surface area contributed by atoms with E-state index < -0.39 is 5.60 Å². The van der Waals surface area contributed by atoms with Crippen molar-refractivity contribution in [2.75, 3.05) is 13.1 Å². The minimum absolute atomic E-state index is 0.163. The van der Waals surface area contributed by atoms with Crippen LogP contribution in [0.1, 0.15) is 49.7 Å². The molecule has 3 N–H and O–H groups in total. The lowest BCUT2D eigenvalue weighted by molar-refractivity contribution is -0.157. The molecule has 1 saturated heterocycles. The molecule has 0 radical (unpaired) electrons. The number of amides is 1. The number of carbonyl (C=O) groups excluding carboxylic acids is 1. The number of aryl methyl sites for hydroxylation is 1. The van der Waals surface area contributed by atoms with E-state index in [1.54, 1.807) is 4.90 Å². The molecule has 1 aliphatic carbocycles. The maximum absolute atomic E-state index is 12.9. The van der Waals surface area contributed by atoms with Gasteiger partial charge in [-0.15, -0.1) is 0 Å². The SMILES string of the molecule is Cc1cccc(CN2CCC[C@@](O)(CNC3CCC(O)CC3)C2=O)c1. The zero-order chi connectivity index (χ0) is 17.9. The third kappa shape index (κ3) is 4.60. The highest BCUT2D eigenvalue weighted by Crippen LogP contribution is 2.25. The second kappa shape index (κ2) is 7.85. The summed E-state index contributed by atoms with van der Waals surface area (Å²) in [6.07, 6.45) is 4.53. The highest BCUT2D eigenvalue weighted by Gasteiger charge is 2.42. The molecule has 0 unspecified atom stereocenters. The monoisotopic (exact) mass is 346 g/mol. The lowest BCUT2D eigenvalue weighted by Gasteiger charge is -2.39. The molecule has 5 nitrogen and oxygen atoms in total. The van der Waals surface area contributed by atoms with Crippen LogP contribution in [0, 0.1) is 6.92 Å². The minimum Gasteiger partial charge on any atom is -0.393 e. The van der Waals surface area contributed by atoms with E-state index in [4.69, 9.17) is 0 Å². The summed E-state index contributed by atoms with van der Waals surface area (Å²) in [6, 6.07) is 8.45. The fourth-order valence-electron chi connectivity index (χ4n) is 4.00. The molecule has 2 fully saturated rings. The van der Waals surface area contributed by atoms with Crippen molar-refractivity contribution in [2.24, 2.45) is 0 Å². The summed E-state index contributed by atoms with van der Waals surface area (Å²) in [4.78, 5) is 14.6. The normalized spacial score (nSPS) is 30.5. The van der Waals surface area contributed by atoms with Crippen molar-refractivity contribution in [1.82, 2.24) is 10.2 Å². The first kappa shape index (κ1) is 18.4. The average Bonchev–Trinajstić information content (AvgIpc) is 2.59. The van der Waals surface area contributed by atoms with Crippen LogP contribution < -0.4 is 5.32 Å². The molecule has 2 aliphatic rings. The molecular formula is C20H30N2O3. The Labute approximate surface area is 150 Å². The van der Waals surface area contributed by atoms with E-state index in [1.165, 1.54) is 5.56 Å². The van der Waals surface area contributed by atoms with Crippen LogP contribution in [0.5, 0.6) is 0 Å². The number of nitrogens with one attached hydrogen (secondary N) is 1. The number of hydrogen-bond donors (Lipinski definition) is 3. The van der Waals surface area contributed by atoms with Crippen LogP contribution in [0.4, 0.5) is 0 Å². The van der Waals surface area contributed by atoms with Crippen LogP contribution in [-0.4, -0.2) is 51.9 Å². The number of likely N-dealkylation sites (tertiary alicyclic amines) is 1. The van der Waals surface area contributed by atoms with Crippen molar-refractivity contribution in [1.29, 1.82) is 0 Å². The van der Waals surface area contributed by atoms with Gasteiger partial charge in [-0.25, -0.2) is 0 Å². The molecule has 1 amide bonds. The van der Waals surface area contributed by atoms with Crippen molar-refractivity contribution >= 4 is 5.91 Å². The van der Waals surface area contributed by atoms with Crippen LogP contribution >= 0.6 is 0 Å². The van der Waals surface area contributed by atoms with Crippen molar-refractivity contribution in [3.63, 3.8) is 0 Å². The minimum atomic E-state index is -1.31. The van der Waals surface area contributed by atoms with Crippen molar-refractivity contribution in [2.45, 2.75) is 69.7 Å². The van der Waals surface area contributed by atoms with Gasteiger partial charge in [0.15, 0.2) is 5.60 Å². The van der Waals surface area contributed by atoms with E-state index in [-0.39, 0.29) is 18.1 Å². The van der Waals surface area contributed by atoms with Gasteiger partial charge in [-0.05, 0) is 51.0 Å². The van der Waals surface area contributed by atoms with Gasteiger partial charge in [-0.2, -0.15) is 0 Å². The molecule has 1 atom stereocenters. The number of piperidine rings is 1. The van der Waals surface area contributed by atoms with Gasteiger partial charge in [0, 0.05) is 25.7 Å². The molecular weight excluding hydrogens is 316 g/mol. The number of hydrogen-bond acceptors (Lipinski definition) is 4. The van der Waals surface area contributed by atoms with Gasteiger partial charge >= 0.3 is 0 Å². The molecule has 1 aliphatic heterocycles. The Balaban J connectivity index is 1.58. The Morgan fingerprint density at radius 1 is 1.28 bits per heavy atom. The third-order valence-electron chi connectivity index (χ3n) is 5.54. The second-order valence-corrected chi connectivity index (χ2v) is 7.74. The summed E-state index contributed by atoms with van der Waals surface area (Å²) in [5.74, 6) is -0.163. The van der Waals surface area contributed by atoms with Gasteiger partial charge in [0.05, 0.1) is 6.10 Å². The highest BCUT2D eigenvalue weighted by atomic mass is 16.3. The molecule has 5 heteroatoms. The first-order valence-electron chi connectivity index (χ1n) is 9.45. The number of carbonyl (C=O) groups is 1. The Morgan fingerprint density at radius 2 is 2.04 bits per heavy atom. The summed E-state index contributed by atoms with van der Waals surface area (Å²) in [5.41, 5.74) is 0.975. The predicted molar refractivity (Wildman–Crippen MR) is 97.0 cm³/mol. The van der Waals surface area contributed by atoms with Crippen molar-refractivity contribution < 1.29 is 15.0 Å². The largest absolute Gasteiger partial charge is 0.393 e. The Morgan fingerprint density at radius 3 is 2.76 bits per heavy atom. The molecule has 25 heavy (non-hydrogen) atoms. The number of rotatable bonds is 5.